The van der Waals surface area contributed by atoms with Gasteiger partial charge in [-0.05, 0) is 18.6 Å². The normalized spacial score (nSPS) is 11.9. The number of aromatic nitrogens is 1. The number of nitrogens with zero attached hydrogens (tertiary/aromatic N) is 1. The summed E-state index contributed by atoms with van der Waals surface area (Å²) in [5.41, 5.74) is 2.97. The monoisotopic (exact) mass is 339 g/mol. The van der Waals surface area contributed by atoms with Gasteiger partial charge in [0.2, 0.25) is 0 Å². The predicted octanol–water partition coefficient (Wildman–Crippen LogP) is 1.45. The summed E-state index contributed by atoms with van der Waals surface area (Å²) in [6, 6.07) is 8.13. The second-order valence-corrected chi connectivity index (χ2v) is 7.78. The molecule has 1 heterocycles. The van der Waals surface area contributed by atoms with E-state index in [1.807, 2.05) is 23.7 Å². The highest BCUT2D eigenvalue weighted by Crippen LogP contribution is 2.15. The summed E-state index contributed by atoms with van der Waals surface area (Å²) in [5.74, 6) is -1.32. The lowest BCUT2D eigenvalue weighted by Gasteiger charge is -1.94. The quantitative estimate of drug-likeness (QED) is 0.808. The van der Waals surface area contributed by atoms with Gasteiger partial charge in [-0.1, -0.05) is 12.1 Å². The molecule has 0 saturated carbocycles. The summed E-state index contributed by atoms with van der Waals surface area (Å²) in [6.45, 7) is 0. The SMILES string of the molecule is O=S(=O)(O)CCCS(=O)(=O)O.c1ccc2scnc2c1. The molecule has 2 rings (SSSR count). The fourth-order valence-electron chi connectivity index (χ4n) is 1.23. The Morgan fingerprint density at radius 1 is 1.00 bits per heavy atom. The van der Waals surface area contributed by atoms with Crippen molar-refractivity contribution in [3.8, 4) is 0 Å². The van der Waals surface area contributed by atoms with Crippen LogP contribution in [0.5, 0.6) is 0 Å². The zero-order valence-corrected chi connectivity index (χ0v) is 12.7. The average Bonchev–Trinajstić information content (AvgIpc) is 2.73. The highest BCUT2D eigenvalue weighted by molar-refractivity contribution is 7.86. The van der Waals surface area contributed by atoms with Gasteiger partial charge in [-0.3, -0.25) is 9.11 Å². The standard InChI is InChI=1S/C7H5NS.C3H8O6S2/c1-2-4-7-6(3-1)8-5-9-7;4-10(5,6)2-1-3-11(7,8)9/h1-5H;1-3H2,(H,4,5,6)(H,7,8,9). The zero-order chi connectivity index (χ0) is 15.2. The molecule has 10 heteroatoms. The molecule has 0 aliphatic rings. The molecule has 1 aromatic heterocycles. The van der Waals surface area contributed by atoms with Crippen LogP contribution in [0, 0.1) is 0 Å². The summed E-state index contributed by atoms with van der Waals surface area (Å²) in [6.07, 6.45) is -0.308. The number of rotatable bonds is 4. The number of benzene rings is 1. The third kappa shape index (κ3) is 7.50. The molecule has 7 nitrogen and oxygen atoms in total. The van der Waals surface area contributed by atoms with E-state index in [1.54, 1.807) is 11.3 Å². The van der Waals surface area contributed by atoms with Crippen LogP contribution in [0.2, 0.25) is 0 Å². The first-order chi connectivity index (χ1) is 9.17. The Morgan fingerprint density at radius 2 is 1.55 bits per heavy atom. The molecule has 1 aromatic carbocycles. The van der Waals surface area contributed by atoms with Crippen molar-refractivity contribution in [1.82, 2.24) is 4.98 Å². The van der Waals surface area contributed by atoms with E-state index in [-0.39, 0.29) is 6.42 Å². The minimum atomic E-state index is -4.12. The van der Waals surface area contributed by atoms with E-state index < -0.39 is 31.7 Å². The Labute approximate surface area is 120 Å². The fourth-order valence-corrected chi connectivity index (χ4v) is 3.11. The molecule has 0 amide bonds. The van der Waals surface area contributed by atoms with Crippen LogP contribution in [0.3, 0.4) is 0 Å². The summed E-state index contributed by atoms with van der Waals surface area (Å²) in [5, 5.41) is 0. The van der Waals surface area contributed by atoms with Gasteiger partial charge in [0, 0.05) is 0 Å². The highest BCUT2D eigenvalue weighted by atomic mass is 32.2. The first kappa shape index (κ1) is 17.0. The van der Waals surface area contributed by atoms with E-state index in [0.717, 1.165) is 5.52 Å². The largest absolute Gasteiger partial charge is 0.286 e. The number of thiazole rings is 1. The van der Waals surface area contributed by atoms with Crippen molar-refractivity contribution in [3.63, 3.8) is 0 Å². The van der Waals surface area contributed by atoms with Crippen LogP contribution in [-0.4, -0.2) is 42.4 Å². The van der Waals surface area contributed by atoms with Crippen molar-refractivity contribution >= 4 is 41.8 Å². The molecule has 2 aromatic rings. The third-order valence-corrected chi connectivity index (χ3v) is 4.46. The minimum absolute atomic E-state index is 0.308. The van der Waals surface area contributed by atoms with Crippen LogP contribution in [-0.2, 0) is 20.2 Å². The van der Waals surface area contributed by atoms with Crippen molar-refractivity contribution in [2.75, 3.05) is 11.5 Å². The molecular weight excluding hydrogens is 326 g/mol. The van der Waals surface area contributed by atoms with Crippen LogP contribution >= 0.6 is 11.3 Å². The average molecular weight is 339 g/mol. The summed E-state index contributed by atoms with van der Waals surface area (Å²) in [7, 11) is -8.24. The number of fused-ring (bicyclic) bond motifs is 1. The van der Waals surface area contributed by atoms with Crippen molar-refractivity contribution in [1.29, 1.82) is 0 Å². The van der Waals surface area contributed by atoms with E-state index in [4.69, 9.17) is 9.11 Å². The number of hydrogen-bond donors (Lipinski definition) is 2. The topological polar surface area (TPSA) is 122 Å². The molecule has 0 radical (unpaired) electrons. The second kappa shape index (κ2) is 7.09. The summed E-state index contributed by atoms with van der Waals surface area (Å²) < 4.78 is 57.5. The lowest BCUT2D eigenvalue weighted by atomic mass is 10.3. The van der Waals surface area contributed by atoms with Gasteiger partial charge in [-0.25, -0.2) is 4.98 Å². The highest BCUT2D eigenvalue weighted by Gasteiger charge is 2.08. The molecule has 0 saturated heterocycles. The Morgan fingerprint density at radius 3 is 2.05 bits per heavy atom. The van der Waals surface area contributed by atoms with Crippen molar-refractivity contribution in [2.45, 2.75) is 6.42 Å². The lowest BCUT2D eigenvalue weighted by Crippen LogP contribution is -2.10. The van der Waals surface area contributed by atoms with Gasteiger partial charge in [0.05, 0.1) is 27.2 Å². The van der Waals surface area contributed by atoms with Crippen molar-refractivity contribution < 1.29 is 25.9 Å². The van der Waals surface area contributed by atoms with Crippen LogP contribution in [0.1, 0.15) is 6.42 Å². The van der Waals surface area contributed by atoms with Crippen LogP contribution in [0.4, 0.5) is 0 Å². The minimum Gasteiger partial charge on any atom is -0.286 e. The lowest BCUT2D eigenvalue weighted by molar-refractivity contribution is 0.477. The molecule has 0 fully saturated rings. The molecule has 20 heavy (non-hydrogen) atoms. The third-order valence-electron chi connectivity index (χ3n) is 2.04. The molecule has 0 bridgehead atoms. The molecule has 0 spiro atoms. The first-order valence-corrected chi connectivity index (χ1v) is 9.46. The molecule has 0 unspecified atom stereocenters. The van der Waals surface area contributed by atoms with Crippen LogP contribution in [0.25, 0.3) is 10.2 Å². The number of hydrogen-bond acceptors (Lipinski definition) is 6. The molecule has 2 N–H and O–H groups in total. The molecule has 0 atom stereocenters. The Hall–Kier alpha value is -1.07. The van der Waals surface area contributed by atoms with Gasteiger partial charge in [0.1, 0.15) is 0 Å². The van der Waals surface area contributed by atoms with Crippen LogP contribution < -0.4 is 0 Å². The predicted molar refractivity (Wildman–Crippen MR) is 77.1 cm³/mol. The van der Waals surface area contributed by atoms with Gasteiger partial charge in [0.15, 0.2) is 0 Å². The molecule has 112 valence electrons. The smallest absolute Gasteiger partial charge is 0.264 e. The van der Waals surface area contributed by atoms with Gasteiger partial charge in [-0.2, -0.15) is 16.8 Å². The maximum atomic E-state index is 10.00. The van der Waals surface area contributed by atoms with Crippen molar-refractivity contribution in [2.24, 2.45) is 0 Å². The number of para-hydroxylation sites is 1. The zero-order valence-electron chi connectivity index (χ0n) is 10.2. The summed E-state index contributed by atoms with van der Waals surface area (Å²) in [4.78, 5) is 4.14. The van der Waals surface area contributed by atoms with E-state index in [2.05, 4.69) is 11.1 Å². The van der Waals surface area contributed by atoms with E-state index in [0.29, 0.717) is 0 Å². The van der Waals surface area contributed by atoms with Gasteiger partial charge < -0.3 is 0 Å². The van der Waals surface area contributed by atoms with Crippen LogP contribution in [0.15, 0.2) is 29.8 Å². The second-order valence-electron chi connectivity index (χ2n) is 3.75. The van der Waals surface area contributed by atoms with Crippen molar-refractivity contribution in [3.05, 3.63) is 29.8 Å². The first-order valence-electron chi connectivity index (χ1n) is 5.36. The molecular formula is C10H13NO6S3. The maximum absolute atomic E-state index is 10.00. The van der Waals surface area contributed by atoms with E-state index in [9.17, 15) is 16.8 Å². The Kier molecular flexibility index (Phi) is 6.02. The van der Waals surface area contributed by atoms with Gasteiger partial charge >= 0.3 is 0 Å². The molecule has 0 aliphatic carbocycles. The fraction of sp³-hybridized carbons (Fsp3) is 0.300. The van der Waals surface area contributed by atoms with Gasteiger partial charge in [-0.15, -0.1) is 11.3 Å². The Bertz CT molecular complexity index is 688. The van der Waals surface area contributed by atoms with E-state index in [1.165, 1.54) is 4.70 Å². The van der Waals surface area contributed by atoms with Gasteiger partial charge in [0.25, 0.3) is 20.2 Å². The molecule has 0 aliphatic heterocycles. The Balaban J connectivity index is 0.000000202. The summed E-state index contributed by atoms with van der Waals surface area (Å²) >= 11 is 1.68. The maximum Gasteiger partial charge on any atom is 0.264 e. The van der Waals surface area contributed by atoms with E-state index >= 15 is 0 Å².